The number of hydrogen-bond acceptors (Lipinski definition) is 5. The molecular formula is C21H18N4O3. The molecule has 0 aliphatic heterocycles. The third-order valence-corrected chi connectivity index (χ3v) is 3.81. The van der Waals surface area contributed by atoms with E-state index in [-0.39, 0.29) is 6.54 Å². The van der Waals surface area contributed by atoms with Crippen molar-refractivity contribution in [2.45, 2.75) is 6.54 Å². The normalized spacial score (nSPS) is 9.86. The Balaban J connectivity index is 1.66. The summed E-state index contributed by atoms with van der Waals surface area (Å²) in [5.74, 6) is 1.49. The van der Waals surface area contributed by atoms with Crippen LogP contribution >= 0.6 is 0 Å². The number of benzene rings is 2. The van der Waals surface area contributed by atoms with Gasteiger partial charge in [-0.3, -0.25) is 0 Å². The molecule has 3 aromatic rings. The van der Waals surface area contributed by atoms with Crippen molar-refractivity contribution < 1.29 is 14.3 Å². The fourth-order valence-electron chi connectivity index (χ4n) is 2.48. The molecule has 2 amide bonds. The first-order chi connectivity index (χ1) is 13.7. The summed E-state index contributed by atoms with van der Waals surface area (Å²) in [6.45, 7) is 0.210. The number of carbonyl (C=O) groups is 1. The van der Waals surface area contributed by atoms with Crippen LogP contribution in [-0.4, -0.2) is 18.1 Å². The average Bonchev–Trinajstić information content (AvgIpc) is 2.73. The summed E-state index contributed by atoms with van der Waals surface area (Å²) < 4.78 is 11.2. The number of carbonyl (C=O) groups excluding carboxylic acids is 1. The minimum Gasteiger partial charge on any atom is -0.493 e. The SMILES string of the molecule is COc1ccccc1Oc1ncccc1CNC(=O)Nc1cccc(C#N)c1. The van der Waals surface area contributed by atoms with Gasteiger partial charge in [0.2, 0.25) is 5.88 Å². The summed E-state index contributed by atoms with van der Waals surface area (Å²) in [4.78, 5) is 16.4. The molecule has 0 fully saturated rings. The molecule has 7 nitrogen and oxygen atoms in total. The molecule has 0 radical (unpaired) electrons. The van der Waals surface area contributed by atoms with Gasteiger partial charge in [-0.25, -0.2) is 9.78 Å². The zero-order valence-corrected chi connectivity index (χ0v) is 15.2. The zero-order chi connectivity index (χ0) is 19.8. The van der Waals surface area contributed by atoms with Crippen LogP contribution < -0.4 is 20.1 Å². The Hall–Kier alpha value is -4.05. The fraction of sp³-hybridized carbons (Fsp3) is 0.0952. The molecule has 0 atom stereocenters. The van der Waals surface area contributed by atoms with Crippen LogP contribution in [0.25, 0.3) is 0 Å². The van der Waals surface area contributed by atoms with Gasteiger partial charge in [0.1, 0.15) is 0 Å². The van der Waals surface area contributed by atoms with E-state index >= 15 is 0 Å². The third-order valence-electron chi connectivity index (χ3n) is 3.81. The van der Waals surface area contributed by atoms with Crippen LogP contribution in [-0.2, 0) is 6.54 Å². The van der Waals surface area contributed by atoms with Crippen molar-refractivity contribution >= 4 is 11.7 Å². The van der Waals surface area contributed by atoms with Gasteiger partial charge in [0.05, 0.1) is 18.7 Å². The van der Waals surface area contributed by atoms with E-state index in [1.807, 2.05) is 24.3 Å². The summed E-state index contributed by atoms with van der Waals surface area (Å²) in [5, 5.41) is 14.4. The Morgan fingerprint density at radius 2 is 1.93 bits per heavy atom. The van der Waals surface area contributed by atoms with Crippen molar-refractivity contribution in [3.63, 3.8) is 0 Å². The Kier molecular flexibility index (Phi) is 6.06. The second kappa shape index (κ2) is 9.05. The number of aromatic nitrogens is 1. The summed E-state index contributed by atoms with van der Waals surface area (Å²) >= 11 is 0. The minimum absolute atomic E-state index is 0.210. The quantitative estimate of drug-likeness (QED) is 0.678. The number of ether oxygens (including phenoxy) is 2. The van der Waals surface area contributed by atoms with E-state index in [9.17, 15) is 4.79 Å². The van der Waals surface area contributed by atoms with Crippen LogP contribution in [0.1, 0.15) is 11.1 Å². The van der Waals surface area contributed by atoms with Crippen molar-refractivity contribution in [2.24, 2.45) is 0 Å². The minimum atomic E-state index is -0.401. The van der Waals surface area contributed by atoms with Crippen molar-refractivity contribution in [2.75, 3.05) is 12.4 Å². The zero-order valence-electron chi connectivity index (χ0n) is 15.2. The lowest BCUT2D eigenvalue weighted by Crippen LogP contribution is -2.28. The van der Waals surface area contributed by atoms with E-state index in [0.29, 0.717) is 34.2 Å². The summed E-state index contributed by atoms with van der Waals surface area (Å²) in [7, 11) is 1.56. The van der Waals surface area contributed by atoms with Crippen LogP contribution in [0.15, 0.2) is 66.9 Å². The summed E-state index contributed by atoms with van der Waals surface area (Å²) in [6.07, 6.45) is 1.61. The number of urea groups is 1. The van der Waals surface area contributed by atoms with E-state index < -0.39 is 6.03 Å². The summed E-state index contributed by atoms with van der Waals surface area (Å²) in [5.41, 5.74) is 1.71. The summed E-state index contributed by atoms with van der Waals surface area (Å²) in [6, 6.07) is 19.1. The monoisotopic (exact) mass is 374 g/mol. The number of para-hydroxylation sites is 2. The van der Waals surface area contributed by atoms with Crippen molar-refractivity contribution in [3.8, 4) is 23.4 Å². The molecule has 2 aromatic carbocycles. The Morgan fingerprint density at radius 1 is 1.11 bits per heavy atom. The van der Waals surface area contributed by atoms with Crippen LogP contribution in [0.4, 0.5) is 10.5 Å². The first kappa shape index (κ1) is 18.7. The number of pyridine rings is 1. The molecule has 0 aliphatic carbocycles. The third kappa shape index (κ3) is 4.77. The van der Waals surface area contributed by atoms with Gasteiger partial charge in [0, 0.05) is 24.0 Å². The molecule has 0 spiro atoms. The second-order valence-corrected chi connectivity index (χ2v) is 5.72. The van der Waals surface area contributed by atoms with Crippen molar-refractivity contribution in [1.82, 2.24) is 10.3 Å². The number of hydrogen-bond donors (Lipinski definition) is 2. The number of rotatable bonds is 6. The average molecular weight is 374 g/mol. The number of nitriles is 1. The molecule has 0 unspecified atom stereocenters. The number of methoxy groups -OCH3 is 1. The number of nitrogens with zero attached hydrogens (tertiary/aromatic N) is 2. The largest absolute Gasteiger partial charge is 0.493 e. The first-order valence-corrected chi connectivity index (χ1v) is 8.49. The molecule has 28 heavy (non-hydrogen) atoms. The van der Waals surface area contributed by atoms with E-state index in [4.69, 9.17) is 14.7 Å². The standard InChI is InChI=1S/C21H18N4O3/c1-27-18-9-2-3-10-19(18)28-20-16(7-5-11-23-20)14-24-21(26)25-17-8-4-6-15(12-17)13-22/h2-12H,14H2,1H3,(H2,24,25,26). The second-order valence-electron chi connectivity index (χ2n) is 5.72. The number of nitrogens with one attached hydrogen (secondary N) is 2. The molecule has 1 aromatic heterocycles. The maximum atomic E-state index is 12.2. The van der Waals surface area contributed by atoms with Gasteiger partial charge in [-0.1, -0.05) is 24.3 Å². The Bertz CT molecular complexity index is 1010. The van der Waals surface area contributed by atoms with Crippen LogP contribution in [0.2, 0.25) is 0 Å². The highest BCUT2D eigenvalue weighted by Crippen LogP contribution is 2.31. The highest BCUT2D eigenvalue weighted by atomic mass is 16.5. The van der Waals surface area contributed by atoms with E-state index in [1.54, 1.807) is 55.8 Å². The molecule has 7 heteroatoms. The van der Waals surface area contributed by atoms with E-state index in [2.05, 4.69) is 15.6 Å². The lowest BCUT2D eigenvalue weighted by atomic mass is 10.2. The van der Waals surface area contributed by atoms with Crippen LogP contribution in [0.3, 0.4) is 0 Å². The lowest BCUT2D eigenvalue weighted by molar-refractivity contribution is 0.251. The molecule has 3 rings (SSSR count). The molecule has 0 bridgehead atoms. The van der Waals surface area contributed by atoms with Gasteiger partial charge in [-0.15, -0.1) is 0 Å². The Labute approximate surface area is 162 Å². The molecule has 1 heterocycles. The molecule has 0 saturated heterocycles. The maximum absolute atomic E-state index is 12.2. The van der Waals surface area contributed by atoms with Gasteiger partial charge in [-0.05, 0) is 36.4 Å². The molecule has 0 aliphatic rings. The van der Waals surface area contributed by atoms with Gasteiger partial charge in [0.25, 0.3) is 0 Å². The van der Waals surface area contributed by atoms with Crippen LogP contribution in [0, 0.1) is 11.3 Å². The number of amides is 2. The van der Waals surface area contributed by atoms with Crippen LogP contribution in [0.5, 0.6) is 17.4 Å². The highest BCUT2D eigenvalue weighted by molar-refractivity contribution is 5.89. The predicted molar refractivity (Wildman–Crippen MR) is 104 cm³/mol. The van der Waals surface area contributed by atoms with Gasteiger partial charge >= 0.3 is 6.03 Å². The highest BCUT2D eigenvalue weighted by Gasteiger charge is 2.11. The topological polar surface area (TPSA) is 96.3 Å². The van der Waals surface area contributed by atoms with E-state index in [1.165, 1.54) is 0 Å². The van der Waals surface area contributed by atoms with Gasteiger partial charge < -0.3 is 20.1 Å². The Morgan fingerprint density at radius 3 is 2.71 bits per heavy atom. The van der Waals surface area contributed by atoms with Crippen molar-refractivity contribution in [1.29, 1.82) is 5.26 Å². The fourth-order valence-corrected chi connectivity index (χ4v) is 2.48. The number of anilines is 1. The molecular weight excluding hydrogens is 356 g/mol. The molecule has 2 N–H and O–H groups in total. The lowest BCUT2D eigenvalue weighted by Gasteiger charge is -2.13. The maximum Gasteiger partial charge on any atom is 0.319 e. The molecule has 0 saturated carbocycles. The van der Waals surface area contributed by atoms with Gasteiger partial charge in [-0.2, -0.15) is 5.26 Å². The first-order valence-electron chi connectivity index (χ1n) is 8.49. The molecule has 140 valence electrons. The predicted octanol–water partition coefficient (Wildman–Crippen LogP) is 4.08. The van der Waals surface area contributed by atoms with Gasteiger partial charge in [0.15, 0.2) is 11.5 Å². The van der Waals surface area contributed by atoms with E-state index in [0.717, 1.165) is 0 Å². The van der Waals surface area contributed by atoms with Crippen molar-refractivity contribution in [3.05, 3.63) is 78.0 Å². The smallest absolute Gasteiger partial charge is 0.319 e.